The van der Waals surface area contributed by atoms with Crippen molar-refractivity contribution in [3.63, 3.8) is 0 Å². The van der Waals surface area contributed by atoms with Gasteiger partial charge in [0.25, 0.3) is 0 Å². The largest absolute Gasteiger partial charge is 0.369 e. The van der Waals surface area contributed by atoms with E-state index in [1.54, 1.807) is 6.33 Å². The third-order valence-corrected chi connectivity index (χ3v) is 3.22. The van der Waals surface area contributed by atoms with E-state index in [2.05, 4.69) is 41.2 Å². The molecule has 5 nitrogen and oxygen atoms in total. The molecular weight excluding hydrogens is 226 g/mol. The quantitative estimate of drug-likeness (QED) is 0.852. The van der Waals surface area contributed by atoms with Gasteiger partial charge in [0.1, 0.15) is 12.1 Å². The first kappa shape index (κ1) is 12.8. The van der Waals surface area contributed by atoms with Gasteiger partial charge in [-0.15, -0.1) is 0 Å². The average Bonchev–Trinajstić information content (AvgIpc) is 2.83. The highest BCUT2D eigenvalue weighted by atomic mass is 15.3. The normalized spacial score (nSPS) is 11.3. The Kier molecular flexibility index (Phi) is 4.12. The molecule has 0 saturated heterocycles. The maximum absolute atomic E-state index is 4.48. The van der Waals surface area contributed by atoms with Gasteiger partial charge in [0.2, 0.25) is 0 Å². The number of fused-ring (bicyclic) bond motifs is 1. The third-order valence-electron chi connectivity index (χ3n) is 3.22. The predicted molar refractivity (Wildman–Crippen MR) is 73.7 cm³/mol. The second-order valence-electron chi connectivity index (χ2n) is 4.45. The molecule has 5 heteroatoms. The summed E-state index contributed by atoms with van der Waals surface area (Å²) < 4.78 is 2.02. The summed E-state index contributed by atoms with van der Waals surface area (Å²) in [5.74, 6) is 0.888. The van der Waals surface area contributed by atoms with Crippen molar-refractivity contribution in [2.75, 3.05) is 11.9 Å². The predicted octanol–water partition coefficient (Wildman–Crippen LogP) is 3.01. The van der Waals surface area contributed by atoms with Crippen LogP contribution in [0, 0.1) is 0 Å². The van der Waals surface area contributed by atoms with Crippen LogP contribution in [0.2, 0.25) is 0 Å². The zero-order chi connectivity index (χ0) is 13.0. The van der Waals surface area contributed by atoms with E-state index >= 15 is 0 Å². The number of rotatable bonds is 6. The SMILES string of the molecule is CCCNc1ncnc2c1cnn2C(CC)CC. The van der Waals surface area contributed by atoms with Gasteiger partial charge in [0.15, 0.2) is 5.65 Å². The lowest BCUT2D eigenvalue weighted by atomic mass is 10.2. The first-order chi connectivity index (χ1) is 8.81. The average molecular weight is 247 g/mol. The first-order valence-corrected chi connectivity index (χ1v) is 6.73. The zero-order valence-corrected chi connectivity index (χ0v) is 11.3. The number of hydrogen-bond donors (Lipinski definition) is 1. The van der Waals surface area contributed by atoms with Gasteiger partial charge < -0.3 is 5.32 Å². The number of aromatic nitrogens is 4. The standard InChI is InChI=1S/C13H21N5/c1-4-7-14-12-11-8-17-18(10(5-2)6-3)13(11)16-9-15-12/h8-10H,4-7H2,1-3H3,(H,14,15,16). The number of anilines is 1. The lowest BCUT2D eigenvalue weighted by Gasteiger charge is -2.13. The lowest BCUT2D eigenvalue weighted by Crippen LogP contribution is -2.09. The molecule has 0 aliphatic rings. The van der Waals surface area contributed by atoms with Crippen molar-refractivity contribution in [2.24, 2.45) is 0 Å². The fraction of sp³-hybridized carbons (Fsp3) is 0.615. The van der Waals surface area contributed by atoms with Gasteiger partial charge in [0.05, 0.1) is 17.6 Å². The second kappa shape index (κ2) is 5.80. The molecule has 0 aliphatic carbocycles. The molecule has 2 rings (SSSR count). The Morgan fingerprint density at radius 2 is 2.00 bits per heavy atom. The van der Waals surface area contributed by atoms with Crippen LogP contribution in [0.5, 0.6) is 0 Å². The molecule has 0 radical (unpaired) electrons. The Bertz CT molecular complexity index is 501. The van der Waals surface area contributed by atoms with Crippen molar-refractivity contribution in [2.45, 2.75) is 46.1 Å². The maximum Gasteiger partial charge on any atom is 0.163 e. The maximum atomic E-state index is 4.48. The molecule has 98 valence electrons. The third kappa shape index (κ3) is 2.30. The molecule has 0 unspecified atom stereocenters. The van der Waals surface area contributed by atoms with Crippen LogP contribution in [0.25, 0.3) is 11.0 Å². The summed E-state index contributed by atoms with van der Waals surface area (Å²) >= 11 is 0. The second-order valence-corrected chi connectivity index (χ2v) is 4.45. The Balaban J connectivity index is 2.41. The van der Waals surface area contributed by atoms with E-state index in [0.717, 1.165) is 42.7 Å². The summed E-state index contributed by atoms with van der Waals surface area (Å²) in [6.45, 7) is 7.42. The van der Waals surface area contributed by atoms with Crippen LogP contribution >= 0.6 is 0 Å². The fourth-order valence-corrected chi connectivity index (χ4v) is 2.15. The van der Waals surface area contributed by atoms with Gasteiger partial charge in [-0.25, -0.2) is 14.6 Å². The number of nitrogens with one attached hydrogen (secondary N) is 1. The highest BCUT2D eigenvalue weighted by Gasteiger charge is 2.14. The summed E-state index contributed by atoms with van der Waals surface area (Å²) in [5.41, 5.74) is 0.928. The van der Waals surface area contributed by atoms with Crippen molar-refractivity contribution in [3.05, 3.63) is 12.5 Å². The highest BCUT2D eigenvalue weighted by molar-refractivity contribution is 5.86. The summed E-state index contributed by atoms with van der Waals surface area (Å²) in [4.78, 5) is 8.67. The Labute approximate surface area is 108 Å². The minimum Gasteiger partial charge on any atom is -0.369 e. The van der Waals surface area contributed by atoms with Crippen LogP contribution in [-0.4, -0.2) is 26.3 Å². The van der Waals surface area contributed by atoms with Crippen LogP contribution in [0.4, 0.5) is 5.82 Å². The molecule has 0 bridgehead atoms. The first-order valence-electron chi connectivity index (χ1n) is 6.73. The summed E-state index contributed by atoms with van der Waals surface area (Å²) in [7, 11) is 0. The summed E-state index contributed by atoms with van der Waals surface area (Å²) in [6.07, 6.45) is 6.68. The molecular formula is C13H21N5. The van der Waals surface area contributed by atoms with Crippen molar-refractivity contribution < 1.29 is 0 Å². The van der Waals surface area contributed by atoms with Crippen molar-refractivity contribution in [1.29, 1.82) is 0 Å². The summed E-state index contributed by atoms with van der Waals surface area (Å²) in [6, 6.07) is 0.413. The van der Waals surface area contributed by atoms with E-state index in [1.807, 2.05) is 10.9 Å². The van der Waals surface area contributed by atoms with E-state index in [9.17, 15) is 0 Å². The zero-order valence-electron chi connectivity index (χ0n) is 11.3. The van der Waals surface area contributed by atoms with Crippen LogP contribution in [-0.2, 0) is 0 Å². The molecule has 2 aromatic heterocycles. The van der Waals surface area contributed by atoms with Crippen LogP contribution in [0.3, 0.4) is 0 Å². The molecule has 0 fully saturated rings. The van der Waals surface area contributed by atoms with E-state index in [-0.39, 0.29) is 0 Å². The van der Waals surface area contributed by atoms with Gasteiger partial charge in [-0.3, -0.25) is 0 Å². The Morgan fingerprint density at radius 3 is 2.67 bits per heavy atom. The van der Waals surface area contributed by atoms with Crippen molar-refractivity contribution in [3.8, 4) is 0 Å². The van der Waals surface area contributed by atoms with E-state index in [0.29, 0.717) is 6.04 Å². The van der Waals surface area contributed by atoms with E-state index in [4.69, 9.17) is 0 Å². The van der Waals surface area contributed by atoms with Gasteiger partial charge in [0, 0.05) is 6.54 Å². The fourth-order valence-electron chi connectivity index (χ4n) is 2.15. The van der Waals surface area contributed by atoms with Crippen molar-refractivity contribution >= 4 is 16.9 Å². The molecule has 0 spiro atoms. The van der Waals surface area contributed by atoms with Gasteiger partial charge in [-0.05, 0) is 19.3 Å². The minimum atomic E-state index is 0.413. The molecule has 0 atom stereocenters. The van der Waals surface area contributed by atoms with Crippen molar-refractivity contribution in [1.82, 2.24) is 19.7 Å². The van der Waals surface area contributed by atoms with Gasteiger partial charge in [-0.2, -0.15) is 5.10 Å². The molecule has 0 amide bonds. The van der Waals surface area contributed by atoms with Crippen LogP contribution in [0.1, 0.15) is 46.1 Å². The lowest BCUT2D eigenvalue weighted by molar-refractivity contribution is 0.438. The Morgan fingerprint density at radius 1 is 1.22 bits per heavy atom. The highest BCUT2D eigenvalue weighted by Crippen LogP contribution is 2.24. The summed E-state index contributed by atoms with van der Waals surface area (Å²) in [5, 5.41) is 8.81. The van der Waals surface area contributed by atoms with Crippen LogP contribution < -0.4 is 5.32 Å². The van der Waals surface area contributed by atoms with Gasteiger partial charge >= 0.3 is 0 Å². The van der Waals surface area contributed by atoms with Gasteiger partial charge in [-0.1, -0.05) is 20.8 Å². The van der Waals surface area contributed by atoms with E-state index < -0.39 is 0 Å². The molecule has 0 aromatic carbocycles. The molecule has 2 heterocycles. The molecule has 0 aliphatic heterocycles. The Hall–Kier alpha value is -1.65. The monoisotopic (exact) mass is 247 g/mol. The molecule has 0 saturated carbocycles. The number of nitrogens with zero attached hydrogens (tertiary/aromatic N) is 4. The number of hydrogen-bond acceptors (Lipinski definition) is 4. The van der Waals surface area contributed by atoms with Crippen LogP contribution in [0.15, 0.2) is 12.5 Å². The topological polar surface area (TPSA) is 55.6 Å². The van der Waals surface area contributed by atoms with E-state index in [1.165, 1.54) is 0 Å². The molecule has 2 aromatic rings. The molecule has 1 N–H and O–H groups in total. The smallest absolute Gasteiger partial charge is 0.163 e. The molecule has 18 heavy (non-hydrogen) atoms. The minimum absolute atomic E-state index is 0.413.